The number of β-amino-alcohol motifs (C(OH)–C–C–N with tert-alkyl or cyclic N) is 1. The number of aryl methyl sites for hydroxylation is 1. The predicted octanol–water partition coefficient (Wildman–Crippen LogP) is 3.15. The number of fused-ring (bicyclic) bond motifs is 1. The van der Waals surface area contributed by atoms with Gasteiger partial charge in [0.1, 0.15) is 16.8 Å². The molecule has 45 heavy (non-hydrogen) atoms. The molecule has 2 amide bonds. The predicted molar refractivity (Wildman–Crippen MR) is 164 cm³/mol. The number of anilines is 2. The number of piperazine rings is 1. The van der Waals surface area contributed by atoms with Crippen LogP contribution in [0.25, 0.3) is 16.9 Å². The second-order valence-electron chi connectivity index (χ2n) is 10.9. The fourth-order valence-electron chi connectivity index (χ4n) is 5.70. The van der Waals surface area contributed by atoms with E-state index in [-0.39, 0.29) is 40.8 Å². The van der Waals surface area contributed by atoms with Gasteiger partial charge in [-0.1, -0.05) is 11.6 Å². The number of halogens is 2. The smallest absolute Gasteiger partial charge is 0.254 e. The van der Waals surface area contributed by atoms with Crippen LogP contribution in [0.2, 0.25) is 5.02 Å². The Kier molecular flexibility index (Phi) is 8.53. The number of nitrogens with zero attached hydrogens (tertiary/aromatic N) is 6. The zero-order valence-electron chi connectivity index (χ0n) is 24.3. The number of amides is 2. The van der Waals surface area contributed by atoms with Gasteiger partial charge in [0.15, 0.2) is 23.9 Å². The minimum absolute atomic E-state index is 0.0352. The van der Waals surface area contributed by atoms with Crippen molar-refractivity contribution in [2.45, 2.75) is 25.5 Å². The molecule has 2 aromatic heterocycles. The van der Waals surface area contributed by atoms with Gasteiger partial charge >= 0.3 is 0 Å². The van der Waals surface area contributed by atoms with Crippen LogP contribution in [0.1, 0.15) is 22.3 Å². The van der Waals surface area contributed by atoms with Crippen LogP contribution < -0.4 is 15.4 Å². The van der Waals surface area contributed by atoms with E-state index in [1.165, 1.54) is 18.3 Å². The van der Waals surface area contributed by atoms with E-state index >= 15 is 4.39 Å². The summed E-state index contributed by atoms with van der Waals surface area (Å²) >= 11 is 6.17. The van der Waals surface area contributed by atoms with Gasteiger partial charge in [0.2, 0.25) is 5.91 Å². The number of benzene rings is 2. The minimum atomic E-state index is -0.699. The van der Waals surface area contributed by atoms with E-state index in [1.807, 2.05) is 19.1 Å². The van der Waals surface area contributed by atoms with Gasteiger partial charge in [0.25, 0.3) is 5.91 Å². The summed E-state index contributed by atoms with van der Waals surface area (Å²) < 4.78 is 22.1. The highest BCUT2D eigenvalue weighted by Gasteiger charge is 2.33. The highest BCUT2D eigenvalue weighted by molar-refractivity contribution is 6.32. The maximum Gasteiger partial charge on any atom is 0.254 e. The molecule has 2 atom stereocenters. The maximum absolute atomic E-state index is 15.2. The quantitative estimate of drug-likeness (QED) is 0.279. The molecule has 4 heterocycles. The molecule has 0 bridgehead atoms. The molecule has 6 rings (SSSR count). The molecular weight excluding hydrogens is 603 g/mol. The Balaban J connectivity index is 1.15. The van der Waals surface area contributed by atoms with Crippen LogP contribution in [0.15, 0.2) is 48.9 Å². The third-order valence-electron chi connectivity index (χ3n) is 8.05. The van der Waals surface area contributed by atoms with Crippen molar-refractivity contribution in [2.24, 2.45) is 0 Å². The molecule has 2 aliphatic heterocycles. The van der Waals surface area contributed by atoms with Gasteiger partial charge in [-0.25, -0.2) is 14.4 Å². The van der Waals surface area contributed by atoms with Crippen molar-refractivity contribution in [2.75, 3.05) is 44.6 Å². The fraction of sp³-hybridized carbons (Fsp3) is 0.323. The first-order valence-electron chi connectivity index (χ1n) is 14.4. The van der Waals surface area contributed by atoms with E-state index in [9.17, 15) is 14.7 Å². The van der Waals surface area contributed by atoms with Crippen LogP contribution in [0.4, 0.5) is 15.9 Å². The number of carbonyl (C=O) groups excluding carboxylic acids is 2. The summed E-state index contributed by atoms with van der Waals surface area (Å²) in [7, 11) is 0. The molecular formula is C31H30ClFN8O4. The molecule has 232 valence electrons. The third-order valence-corrected chi connectivity index (χ3v) is 8.40. The van der Waals surface area contributed by atoms with E-state index in [2.05, 4.69) is 20.6 Å². The van der Waals surface area contributed by atoms with Gasteiger partial charge < -0.3 is 30.3 Å². The standard InChI is InChI=1S/C31H30ClFN8O4/c1-18-14-19(2-3-21(18)30(43)39-9-11-40(12-10-39)31(44)23-15-20(42)16-36-23)38-28-29-37-17-24(41(29)8-7-35-28)22-4-5-25(45-13-6-34)26(32)27(22)33/h2-5,7-8,14,17,20,23,36,42H,9-13,15-16H2,1H3,(H,35,38)/t20-,23+/m1/s1. The summed E-state index contributed by atoms with van der Waals surface area (Å²) in [6.07, 6.45) is 4.63. The van der Waals surface area contributed by atoms with Gasteiger partial charge in [-0.2, -0.15) is 5.26 Å². The first-order chi connectivity index (χ1) is 21.7. The zero-order valence-corrected chi connectivity index (χ0v) is 25.1. The Hall–Kier alpha value is -4.77. The molecule has 0 aliphatic carbocycles. The van der Waals surface area contributed by atoms with E-state index < -0.39 is 11.9 Å². The third kappa shape index (κ3) is 6.00. The lowest BCUT2D eigenvalue weighted by molar-refractivity contribution is -0.134. The van der Waals surface area contributed by atoms with Crippen LogP contribution in [-0.4, -0.2) is 92.6 Å². The van der Waals surface area contributed by atoms with Crippen molar-refractivity contribution in [3.63, 3.8) is 0 Å². The van der Waals surface area contributed by atoms with Crippen molar-refractivity contribution in [3.05, 3.63) is 70.9 Å². The molecule has 0 saturated carbocycles. The fourth-order valence-corrected chi connectivity index (χ4v) is 5.92. The minimum Gasteiger partial charge on any atom is -0.477 e. The van der Waals surface area contributed by atoms with Crippen molar-refractivity contribution >= 4 is 40.6 Å². The number of carbonyl (C=O) groups is 2. The molecule has 4 aromatic rings. The van der Waals surface area contributed by atoms with E-state index in [4.69, 9.17) is 21.6 Å². The van der Waals surface area contributed by atoms with Crippen LogP contribution in [0.3, 0.4) is 0 Å². The average molecular weight is 633 g/mol. The van der Waals surface area contributed by atoms with Gasteiger partial charge in [-0.15, -0.1) is 0 Å². The SMILES string of the molecule is Cc1cc(Nc2nccn3c(-c4ccc(OCC#N)c(Cl)c4F)cnc23)ccc1C(=O)N1CCN(C(=O)[C@@H]2C[C@@H](O)CN2)CC1. The summed E-state index contributed by atoms with van der Waals surface area (Å²) in [5.41, 5.74) is 3.10. The van der Waals surface area contributed by atoms with Crippen LogP contribution in [0, 0.1) is 24.1 Å². The summed E-state index contributed by atoms with van der Waals surface area (Å²) in [5, 5.41) is 24.5. The number of ether oxygens (including phenoxy) is 1. The van der Waals surface area contributed by atoms with Crippen molar-refractivity contribution in [1.82, 2.24) is 29.5 Å². The molecule has 14 heteroatoms. The molecule has 2 fully saturated rings. The monoisotopic (exact) mass is 632 g/mol. The number of nitrogens with one attached hydrogen (secondary N) is 2. The number of aliphatic hydroxyl groups excluding tert-OH is 1. The van der Waals surface area contributed by atoms with Crippen LogP contribution >= 0.6 is 11.6 Å². The van der Waals surface area contributed by atoms with E-state index in [0.717, 1.165) is 5.56 Å². The molecule has 0 unspecified atom stereocenters. The number of aliphatic hydroxyl groups is 1. The highest BCUT2D eigenvalue weighted by Crippen LogP contribution is 2.35. The molecule has 2 aliphatic rings. The van der Waals surface area contributed by atoms with Gasteiger partial charge in [0.05, 0.1) is 24.0 Å². The van der Waals surface area contributed by atoms with E-state index in [1.54, 1.807) is 38.7 Å². The summed E-state index contributed by atoms with van der Waals surface area (Å²) in [6, 6.07) is 9.85. The van der Waals surface area contributed by atoms with Gasteiger partial charge in [-0.3, -0.25) is 14.0 Å². The molecule has 0 radical (unpaired) electrons. The summed E-state index contributed by atoms with van der Waals surface area (Å²) in [6.45, 7) is 3.74. The Bertz CT molecular complexity index is 1820. The van der Waals surface area contributed by atoms with Crippen LogP contribution in [-0.2, 0) is 4.79 Å². The van der Waals surface area contributed by atoms with Crippen molar-refractivity contribution in [1.29, 1.82) is 5.26 Å². The lowest BCUT2D eigenvalue weighted by Crippen LogP contribution is -2.54. The highest BCUT2D eigenvalue weighted by atomic mass is 35.5. The summed E-state index contributed by atoms with van der Waals surface area (Å²) in [5.74, 6) is -0.344. The van der Waals surface area contributed by atoms with Gasteiger partial charge in [-0.05, 0) is 49.2 Å². The zero-order chi connectivity index (χ0) is 31.7. The van der Waals surface area contributed by atoms with Crippen molar-refractivity contribution in [3.8, 4) is 23.1 Å². The Morgan fingerprint density at radius 2 is 1.98 bits per heavy atom. The molecule has 2 aromatic carbocycles. The molecule has 0 spiro atoms. The second-order valence-corrected chi connectivity index (χ2v) is 11.3. The normalized spacial score (nSPS) is 18.2. The molecule has 3 N–H and O–H groups in total. The van der Waals surface area contributed by atoms with Crippen molar-refractivity contribution < 1.29 is 23.8 Å². The lowest BCUT2D eigenvalue weighted by atomic mass is 10.1. The average Bonchev–Trinajstić information content (AvgIpc) is 3.68. The number of hydrogen-bond acceptors (Lipinski definition) is 9. The molecule has 2 saturated heterocycles. The number of aromatic nitrogens is 3. The summed E-state index contributed by atoms with van der Waals surface area (Å²) in [4.78, 5) is 38.5. The Labute approximate surface area is 263 Å². The second kappa shape index (κ2) is 12.7. The van der Waals surface area contributed by atoms with Crippen LogP contribution in [0.5, 0.6) is 5.75 Å². The Morgan fingerprint density at radius 1 is 1.20 bits per heavy atom. The van der Waals surface area contributed by atoms with Gasteiger partial charge in [0, 0.05) is 61.9 Å². The first-order valence-corrected chi connectivity index (χ1v) is 14.8. The lowest BCUT2D eigenvalue weighted by Gasteiger charge is -2.36. The maximum atomic E-state index is 15.2. The van der Waals surface area contributed by atoms with E-state index in [0.29, 0.717) is 67.6 Å². The number of nitriles is 1. The first kappa shape index (κ1) is 30.3. The Morgan fingerprint density at radius 3 is 2.69 bits per heavy atom. The number of rotatable bonds is 7. The number of hydrogen-bond donors (Lipinski definition) is 3. The topological polar surface area (TPSA) is 148 Å². The molecule has 12 nitrogen and oxygen atoms in total. The number of imidazole rings is 1. The largest absolute Gasteiger partial charge is 0.477 e.